The summed E-state index contributed by atoms with van der Waals surface area (Å²) in [5.74, 6) is 0.711. The largest absolute Gasteiger partial charge is 0.508 e. The van der Waals surface area contributed by atoms with Gasteiger partial charge in [0.25, 0.3) is 0 Å². The zero-order valence-corrected chi connectivity index (χ0v) is 10.5. The molecule has 0 aliphatic rings. The lowest BCUT2D eigenvalue weighted by Crippen LogP contribution is -2.04. The highest BCUT2D eigenvalue weighted by atomic mass is 32.2. The second-order valence-electron chi connectivity index (χ2n) is 3.70. The van der Waals surface area contributed by atoms with Crippen LogP contribution in [-0.4, -0.2) is 21.8 Å². The Hall–Kier alpha value is -1.94. The molecule has 0 saturated carbocycles. The van der Waals surface area contributed by atoms with Crippen LogP contribution < -0.4 is 0 Å². The van der Waals surface area contributed by atoms with Crippen molar-refractivity contribution in [2.75, 3.05) is 5.75 Å². The molecule has 92 valence electrons. The molecule has 0 radical (unpaired) electrons. The standard InChI is InChI=1S/C14H13NO2S/c16-12-6-4-5-11(9-12)14(15-17)10-18-13-7-2-1-3-8-13/h1-9,16-17H,10H2/b15-14+. The molecule has 2 N–H and O–H groups in total. The lowest BCUT2D eigenvalue weighted by molar-refractivity contribution is 0.319. The highest BCUT2D eigenvalue weighted by Crippen LogP contribution is 2.20. The topological polar surface area (TPSA) is 52.8 Å². The quantitative estimate of drug-likeness (QED) is 0.383. The van der Waals surface area contributed by atoms with Gasteiger partial charge in [0.1, 0.15) is 5.75 Å². The van der Waals surface area contributed by atoms with Gasteiger partial charge >= 0.3 is 0 Å². The van der Waals surface area contributed by atoms with Crippen molar-refractivity contribution >= 4 is 17.5 Å². The molecule has 0 atom stereocenters. The van der Waals surface area contributed by atoms with Crippen molar-refractivity contribution < 1.29 is 10.3 Å². The summed E-state index contributed by atoms with van der Waals surface area (Å²) in [6, 6.07) is 16.6. The van der Waals surface area contributed by atoms with Crippen LogP contribution in [0.15, 0.2) is 64.6 Å². The Bertz CT molecular complexity index is 541. The van der Waals surface area contributed by atoms with E-state index in [2.05, 4.69) is 5.16 Å². The first kappa shape index (κ1) is 12.5. The second-order valence-corrected chi connectivity index (χ2v) is 4.75. The van der Waals surface area contributed by atoms with Crippen LogP contribution in [0.2, 0.25) is 0 Å². The number of rotatable bonds is 4. The molecule has 0 unspecified atom stereocenters. The van der Waals surface area contributed by atoms with Crippen molar-refractivity contribution in [3.63, 3.8) is 0 Å². The molecule has 18 heavy (non-hydrogen) atoms. The third-order valence-electron chi connectivity index (χ3n) is 2.42. The van der Waals surface area contributed by atoms with Gasteiger partial charge in [0.05, 0.1) is 5.71 Å². The number of nitrogens with zero attached hydrogens (tertiary/aromatic N) is 1. The minimum atomic E-state index is 0.165. The lowest BCUT2D eigenvalue weighted by Gasteiger charge is -2.05. The zero-order valence-electron chi connectivity index (χ0n) is 9.65. The maximum atomic E-state index is 9.40. The van der Waals surface area contributed by atoms with Crippen molar-refractivity contribution in [3.8, 4) is 5.75 Å². The number of benzene rings is 2. The van der Waals surface area contributed by atoms with Gasteiger partial charge in [0.15, 0.2) is 0 Å². The molecular formula is C14H13NO2S. The molecule has 0 amide bonds. The van der Waals surface area contributed by atoms with E-state index in [9.17, 15) is 5.11 Å². The molecule has 4 heteroatoms. The van der Waals surface area contributed by atoms with Gasteiger partial charge in [-0.15, -0.1) is 11.8 Å². The fourth-order valence-corrected chi connectivity index (χ4v) is 2.40. The summed E-state index contributed by atoms with van der Waals surface area (Å²) in [5.41, 5.74) is 1.26. The van der Waals surface area contributed by atoms with Crippen molar-refractivity contribution in [2.24, 2.45) is 5.16 Å². The summed E-state index contributed by atoms with van der Waals surface area (Å²) >= 11 is 1.58. The summed E-state index contributed by atoms with van der Waals surface area (Å²) in [4.78, 5) is 1.11. The number of phenols is 1. The average Bonchev–Trinajstić information content (AvgIpc) is 2.41. The molecule has 0 heterocycles. The summed E-state index contributed by atoms with van der Waals surface area (Å²) in [6.45, 7) is 0. The molecule has 2 aromatic carbocycles. The van der Waals surface area contributed by atoms with E-state index < -0.39 is 0 Å². The van der Waals surface area contributed by atoms with Crippen molar-refractivity contribution in [1.82, 2.24) is 0 Å². The van der Waals surface area contributed by atoms with E-state index in [1.54, 1.807) is 36.0 Å². The Labute approximate surface area is 110 Å². The highest BCUT2D eigenvalue weighted by molar-refractivity contribution is 8.00. The predicted octanol–water partition coefficient (Wildman–Crippen LogP) is 3.36. The van der Waals surface area contributed by atoms with Gasteiger partial charge in [-0.1, -0.05) is 35.5 Å². The van der Waals surface area contributed by atoms with Crippen LogP contribution in [0.25, 0.3) is 0 Å². The second kappa shape index (κ2) is 6.12. The number of oxime groups is 1. The van der Waals surface area contributed by atoms with Crippen LogP contribution in [0.5, 0.6) is 5.75 Å². The van der Waals surface area contributed by atoms with Gasteiger partial charge in [0.2, 0.25) is 0 Å². The molecule has 2 rings (SSSR count). The first-order valence-electron chi connectivity index (χ1n) is 5.48. The summed E-state index contributed by atoms with van der Waals surface area (Å²) in [7, 11) is 0. The molecule has 0 aromatic heterocycles. The molecule has 0 aliphatic carbocycles. The van der Waals surface area contributed by atoms with E-state index in [0.29, 0.717) is 11.5 Å². The van der Waals surface area contributed by atoms with Gasteiger partial charge in [-0.05, 0) is 24.3 Å². The Balaban J connectivity index is 2.07. The minimum absolute atomic E-state index is 0.165. The third-order valence-corrected chi connectivity index (χ3v) is 3.44. The fourth-order valence-electron chi connectivity index (χ4n) is 1.52. The van der Waals surface area contributed by atoms with E-state index >= 15 is 0 Å². The Morgan fingerprint density at radius 2 is 1.83 bits per heavy atom. The van der Waals surface area contributed by atoms with Crippen LogP contribution in [0, 0.1) is 0 Å². The van der Waals surface area contributed by atoms with Crippen molar-refractivity contribution in [1.29, 1.82) is 0 Å². The number of phenolic OH excluding ortho intramolecular Hbond substituents is 1. The molecule has 3 nitrogen and oxygen atoms in total. The van der Waals surface area contributed by atoms with Crippen LogP contribution in [0.1, 0.15) is 5.56 Å². The molecule has 0 fully saturated rings. The molecular weight excluding hydrogens is 246 g/mol. The maximum Gasteiger partial charge on any atom is 0.116 e. The smallest absolute Gasteiger partial charge is 0.116 e. The monoisotopic (exact) mass is 259 g/mol. The molecule has 0 aliphatic heterocycles. The average molecular weight is 259 g/mol. The van der Waals surface area contributed by atoms with Gasteiger partial charge in [-0.2, -0.15) is 0 Å². The predicted molar refractivity (Wildman–Crippen MR) is 73.6 cm³/mol. The van der Waals surface area contributed by atoms with Crippen molar-refractivity contribution in [3.05, 3.63) is 60.2 Å². The lowest BCUT2D eigenvalue weighted by atomic mass is 10.1. The maximum absolute atomic E-state index is 9.40. The number of hydrogen-bond donors (Lipinski definition) is 2. The van der Waals surface area contributed by atoms with Crippen LogP contribution in [0.3, 0.4) is 0 Å². The van der Waals surface area contributed by atoms with Gasteiger partial charge in [0, 0.05) is 16.2 Å². The molecule has 2 aromatic rings. The first-order valence-corrected chi connectivity index (χ1v) is 6.46. The highest BCUT2D eigenvalue weighted by Gasteiger charge is 2.06. The third kappa shape index (κ3) is 3.28. The van der Waals surface area contributed by atoms with Crippen molar-refractivity contribution in [2.45, 2.75) is 4.90 Å². The molecule has 0 spiro atoms. The number of thioether (sulfide) groups is 1. The van der Waals surface area contributed by atoms with E-state index in [0.717, 1.165) is 10.5 Å². The minimum Gasteiger partial charge on any atom is -0.508 e. The summed E-state index contributed by atoms with van der Waals surface area (Å²) in [5, 5.41) is 21.7. The Morgan fingerprint density at radius 3 is 2.50 bits per heavy atom. The number of aromatic hydroxyl groups is 1. The van der Waals surface area contributed by atoms with E-state index in [4.69, 9.17) is 5.21 Å². The fraction of sp³-hybridized carbons (Fsp3) is 0.0714. The SMILES string of the molecule is O/N=C(\CSc1ccccc1)c1cccc(O)c1. The van der Waals surface area contributed by atoms with Gasteiger partial charge in [-0.3, -0.25) is 0 Å². The normalized spacial score (nSPS) is 11.4. The molecule has 0 bridgehead atoms. The van der Waals surface area contributed by atoms with E-state index in [1.807, 2.05) is 30.3 Å². The van der Waals surface area contributed by atoms with Crippen LogP contribution >= 0.6 is 11.8 Å². The Kier molecular flexibility index (Phi) is 4.25. The van der Waals surface area contributed by atoms with E-state index in [1.165, 1.54) is 0 Å². The summed E-state index contributed by atoms with van der Waals surface area (Å²) < 4.78 is 0. The number of hydrogen-bond acceptors (Lipinski definition) is 4. The van der Waals surface area contributed by atoms with Gasteiger partial charge < -0.3 is 10.3 Å². The molecule has 0 saturated heterocycles. The van der Waals surface area contributed by atoms with E-state index in [-0.39, 0.29) is 5.75 Å². The zero-order chi connectivity index (χ0) is 12.8. The Morgan fingerprint density at radius 1 is 1.06 bits per heavy atom. The van der Waals surface area contributed by atoms with Crippen LogP contribution in [-0.2, 0) is 0 Å². The van der Waals surface area contributed by atoms with Gasteiger partial charge in [-0.25, -0.2) is 0 Å². The summed E-state index contributed by atoms with van der Waals surface area (Å²) in [6.07, 6.45) is 0. The van der Waals surface area contributed by atoms with Crippen LogP contribution in [0.4, 0.5) is 0 Å². The first-order chi connectivity index (χ1) is 8.79.